The van der Waals surface area contributed by atoms with E-state index in [0.29, 0.717) is 60.0 Å². The molecule has 0 bridgehead atoms. The number of hydrogen-bond acceptors (Lipinski definition) is 8. The van der Waals surface area contributed by atoms with E-state index in [9.17, 15) is 14.7 Å². The first-order valence-corrected chi connectivity index (χ1v) is 17.5. The summed E-state index contributed by atoms with van der Waals surface area (Å²) in [5.74, 6) is -4.84. The van der Waals surface area contributed by atoms with Crippen molar-refractivity contribution in [2.75, 3.05) is 51.8 Å². The molecule has 0 aliphatic carbocycles. The lowest BCUT2D eigenvalue weighted by atomic mass is 9.82. The third kappa shape index (κ3) is 8.64. The smallest absolute Gasteiger partial charge is 0.277 e. The summed E-state index contributed by atoms with van der Waals surface area (Å²) in [4.78, 5) is 34.6. The third-order valence-electron chi connectivity index (χ3n) is 9.06. The number of likely N-dealkylation sites (N-methyl/N-ethyl adjacent to an activating group) is 1. The molecule has 5 rings (SSSR count). The molecule has 1 atom stereocenters. The van der Waals surface area contributed by atoms with E-state index in [2.05, 4.69) is 15.2 Å². The SMILES string of the molecule is CC1=C(Cl)/N=C\CC/C=C\1c1cc(Cl)ccc1NC(=O)C1=C(O)[C@H](C(C)(C)C)N(C)N(Cc2ccc(OCCN3CCOCC3)c(F)c2F)C1=O. The van der Waals surface area contributed by atoms with Gasteiger partial charge in [0, 0.05) is 54.7 Å². The van der Waals surface area contributed by atoms with Crippen LogP contribution in [0.3, 0.4) is 0 Å². The predicted octanol–water partition coefficient (Wildman–Crippen LogP) is 7.10. The highest BCUT2D eigenvalue weighted by Gasteiger charge is 2.46. The Balaban J connectivity index is 1.43. The van der Waals surface area contributed by atoms with Gasteiger partial charge in [-0.3, -0.25) is 19.5 Å². The topological polar surface area (TPSA) is 107 Å². The molecule has 0 spiro atoms. The van der Waals surface area contributed by atoms with Gasteiger partial charge in [-0.05, 0) is 60.6 Å². The Kier molecular flexibility index (Phi) is 12.2. The van der Waals surface area contributed by atoms with Crippen molar-refractivity contribution in [3.8, 4) is 5.75 Å². The molecular formula is C37H43Cl2F2N5O5. The quantitative estimate of drug-likeness (QED) is 0.208. The number of aliphatic hydroxyl groups is 1. The lowest BCUT2D eigenvalue weighted by Crippen LogP contribution is -2.59. The molecule has 0 unspecified atom stereocenters. The first-order chi connectivity index (χ1) is 24.2. The molecule has 2 aromatic rings. The van der Waals surface area contributed by atoms with Crippen molar-refractivity contribution < 1.29 is 33.0 Å². The second kappa shape index (κ2) is 16.2. The van der Waals surface area contributed by atoms with E-state index in [-0.39, 0.29) is 23.1 Å². The van der Waals surface area contributed by atoms with Crippen molar-refractivity contribution in [3.05, 3.63) is 86.3 Å². The van der Waals surface area contributed by atoms with Gasteiger partial charge in [-0.25, -0.2) is 14.4 Å². The van der Waals surface area contributed by atoms with E-state index in [1.807, 2.05) is 26.8 Å². The largest absolute Gasteiger partial charge is 0.509 e. The Morgan fingerprint density at radius 2 is 1.84 bits per heavy atom. The average molecular weight is 747 g/mol. The first-order valence-electron chi connectivity index (χ1n) is 16.8. The minimum atomic E-state index is -1.18. The number of morpholine rings is 1. The molecule has 1 saturated heterocycles. The standard InChI is InChI=1S/C37H43Cl2F2N5O5/c1-22-25(8-6-7-13-42-34(22)39)26-20-24(38)10-11-27(26)43-35(48)29-32(47)33(37(2,3)4)44(5)46(36(29)49)21-23-9-12-28(31(41)30(23)40)51-19-16-45-14-17-50-18-15-45/h8-13,20,33,47H,6-7,14-19,21H2,1-5H3,(H,43,48)/b25-8+,34-22-,42-13-/t33-/m1/s1. The summed E-state index contributed by atoms with van der Waals surface area (Å²) in [6.45, 7) is 10.2. The van der Waals surface area contributed by atoms with Crippen LogP contribution in [0.1, 0.15) is 51.7 Å². The van der Waals surface area contributed by atoms with Gasteiger partial charge in [0.1, 0.15) is 23.1 Å². The van der Waals surface area contributed by atoms with Crippen molar-refractivity contribution >= 4 is 52.5 Å². The third-order valence-corrected chi connectivity index (χ3v) is 9.68. The number of benzene rings is 2. The van der Waals surface area contributed by atoms with Crippen LogP contribution in [-0.4, -0.2) is 90.6 Å². The Morgan fingerprint density at radius 3 is 2.55 bits per heavy atom. The Morgan fingerprint density at radius 1 is 1.12 bits per heavy atom. The van der Waals surface area contributed by atoms with Crippen LogP contribution in [0.25, 0.3) is 5.57 Å². The average Bonchev–Trinajstić information content (AvgIpc) is 3.07. The van der Waals surface area contributed by atoms with Crippen LogP contribution in [0.2, 0.25) is 5.02 Å². The van der Waals surface area contributed by atoms with Crippen LogP contribution in [0.4, 0.5) is 14.5 Å². The summed E-state index contributed by atoms with van der Waals surface area (Å²) in [6, 6.07) is 6.64. The van der Waals surface area contributed by atoms with Crippen LogP contribution in [0.5, 0.6) is 5.75 Å². The zero-order valence-electron chi connectivity index (χ0n) is 29.4. The fourth-order valence-corrected chi connectivity index (χ4v) is 6.77. The maximum Gasteiger partial charge on any atom is 0.277 e. The number of aliphatic hydroxyl groups excluding tert-OH is 1. The summed E-state index contributed by atoms with van der Waals surface area (Å²) in [7, 11) is 1.55. The minimum absolute atomic E-state index is 0.139. The van der Waals surface area contributed by atoms with Gasteiger partial charge in [-0.2, -0.15) is 4.39 Å². The summed E-state index contributed by atoms with van der Waals surface area (Å²) < 4.78 is 41.7. The maximum absolute atomic E-state index is 15.6. The number of allylic oxidation sites excluding steroid dienone is 3. The second-order valence-electron chi connectivity index (χ2n) is 13.7. The minimum Gasteiger partial charge on any atom is -0.509 e. The van der Waals surface area contributed by atoms with Crippen molar-refractivity contribution in [3.63, 3.8) is 0 Å². The molecule has 0 aromatic heterocycles. The van der Waals surface area contributed by atoms with E-state index >= 15 is 8.78 Å². The van der Waals surface area contributed by atoms with Crippen LogP contribution < -0.4 is 10.1 Å². The van der Waals surface area contributed by atoms with Crippen molar-refractivity contribution in [1.29, 1.82) is 0 Å². The van der Waals surface area contributed by atoms with Crippen molar-refractivity contribution in [2.24, 2.45) is 10.4 Å². The summed E-state index contributed by atoms with van der Waals surface area (Å²) in [6.07, 6.45) is 5.00. The van der Waals surface area contributed by atoms with Crippen LogP contribution in [-0.2, 0) is 20.9 Å². The van der Waals surface area contributed by atoms with Gasteiger partial charge in [0.15, 0.2) is 11.6 Å². The van der Waals surface area contributed by atoms with Gasteiger partial charge in [0.25, 0.3) is 11.8 Å². The normalized spacial score (nSPS) is 22.7. The fourth-order valence-electron chi connectivity index (χ4n) is 6.43. The number of carbonyl (C=O) groups is 2. The van der Waals surface area contributed by atoms with Crippen LogP contribution >= 0.6 is 23.2 Å². The number of carbonyl (C=O) groups excluding carboxylic acids is 2. The number of amides is 2. The molecule has 1 fully saturated rings. The van der Waals surface area contributed by atoms with Gasteiger partial charge in [0.2, 0.25) is 5.82 Å². The van der Waals surface area contributed by atoms with E-state index in [4.69, 9.17) is 32.7 Å². The molecule has 2 amide bonds. The molecule has 0 radical (unpaired) electrons. The van der Waals surface area contributed by atoms with E-state index < -0.39 is 52.8 Å². The van der Waals surface area contributed by atoms with Crippen molar-refractivity contribution in [1.82, 2.24) is 14.9 Å². The fraction of sp³-hybridized carbons (Fsp3) is 0.432. The van der Waals surface area contributed by atoms with Crippen molar-refractivity contribution in [2.45, 2.75) is 53.1 Å². The molecule has 2 aromatic carbocycles. The zero-order valence-corrected chi connectivity index (χ0v) is 30.9. The number of aliphatic imine (C=N–C) groups is 1. The number of nitrogens with zero attached hydrogens (tertiary/aromatic N) is 4. The Bertz CT molecular complexity index is 1800. The van der Waals surface area contributed by atoms with Gasteiger partial charge in [0.05, 0.1) is 25.8 Å². The Hall–Kier alpha value is -3.81. The monoisotopic (exact) mass is 745 g/mol. The number of hydrogen-bond donors (Lipinski definition) is 2. The van der Waals surface area contributed by atoms with Crippen LogP contribution in [0, 0.1) is 17.0 Å². The molecule has 3 aliphatic heterocycles. The van der Waals surface area contributed by atoms with Gasteiger partial charge in [-0.15, -0.1) is 0 Å². The van der Waals surface area contributed by atoms with Gasteiger partial charge in [-0.1, -0.05) is 56.1 Å². The maximum atomic E-state index is 15.6. The number of rotatable bonds is 9. The summed E-state index contributed by atoms with van der Waals surface area (Å²) in [5.41, 5.74) is 0.830. The molecule has 10 nitrogen and oxygen atoms in total. The highest BCUT2D eigenvalue weighted by molar-refractivity contribution is 6.32. The number of anilines is 1. The predicted molar refractivity (Wildman–Crippen MR) is 195 cm³/mol. The lowest BCUT2D eigenvalue weighted by Gasteiger charge is -2.46. The highest BCUT2D eigenvalue weighted by atomic mass is 35.5. The molecule has 51 heavy (non-hydrogen) atoms. The zero-order chi connectivity index (χ0) is 37.0. The lowest BCUT2D eigenvalue weighted by molar-refractivity contribution is -0.158. The molecule has 2 N–H and O–H groups in total. The van der Waals surface area contributed by atoms with E-state index in [0.717, 1.165) is 18.1 Å². The highest BCUT2D eigenvalue weighted by Crippen LogP contribution is 2.38. The second-order valence-corrected chi connectivity index (χ2v) is 14.5. The number of hydrazine groups is 1. The summed E-state index contributed by atoms with van der Waals surface area (Å²) in [5, 5.41) is 17.6. The molecule has 0 saturated carbocycles. The number of halogens is 4. The van der Waals surface area contributed by atoms with Crippen LogP contribution in [0.15, 0.2) is 63.5 Å². The van der Waals surface area contributed by atoms with E-state index in [1.54, 1.807) is 38.4 Å². The molecular weight excluding hydrogens is 703 g/mol. The number of nitrogens with one attached hydrogen (secondary N) is 1. The first kappa shape index (κ1) is 38.4. The van der Waals surface area contributed by atoms with E-state index in [1.165, 1.54) is 17.1 Å². The number of ether oxygens (including phenoxy) is 2. The summed E-state index contributed by atoms with van der Waals surface area (Å²) >= 11 is 12.8. The molecule has 14 heteroatoms. The van der Waals surface area contributed by atoms with Gasteiger partial charge < -0.3 is 19.9 Å². The van der Waals surface area contributed by atoms with Gasteiger partial charge >= 0.3 is 0 Å². The molecule has 274 valence electrons. The Labute approximate surface area is 307 Å². The molecule has 3 heterocycles. The molecule has 3 aliphatic rings.